The lowest BCUT2D eigenvalue weighted by Crippen LogP contribution is -2.41. The zero-order valence-electron chi connectivity index (χ0n) is 11.8. The number of hydrogen-bond donors (Lipinski definition) is 1. The molecule has 118 valence electrons. The van der Waals surface area contributed by atoms with E-state index in [2.05, 4.69) is 0 Å². The summed E-state index contributed by atoms with van der Waals surface area (Å²) in [6.07, 6.45) is 2.70. The summed E-state index contributed by atoms with van der Waals surface area (Å²) in [6.45, 7) is 3.67. The second-order valence-electron chi connectivity index (χ2n) is 4.96. The van der Waals surface area contributed by atoms with Gasteiger partial charge in [-0.3, -0.25) is 0 Å². The zero-order chi connectivity index (χ0) is 15.5. The first-order chi connectivity index (χ1) is 9.96. The quantitative estimate of drug-likeness (QED) is 0.852. The molecular formula is C13H19NO6S. The van der Waals surface area contributed by atoms with E-state index in [9.17, 15) is 13.2 Å². The summed E-state index contributed by atoms with van der Waals surface area (Å²) in [5.41, 5.74) is -0.332. The van der Waals surface area contributed by atoms with Crippen molar-refractivity contribution in [2.75, 3.05) is 26.3 Å². The van der Waals surface area contributed by atoms with Crippen molar-refractivity contribution in [1.29, 1.82) is 0 Å². The van der Waals surface area contributed by atoms with E-state index in [1.54, 1.807) is 0 Å². The molecule has 2 rings (SSSR count). The molecule has 1 N–H and O–H groups in total. The number of ether oxygens (including phenoxy) is 1. The fourth-order valence-corrected chi connectivity index (χ4v) is 4.06. The van der Waals surface area contributed by atoms with Gasteiger partial charge in [0.05, 0.1) is 12.9 Å². The van der Waals surface area contributed by atoms with Crippen molar-refractivity contribution >= 4 is 16.0 Å². The molecule has 0 amide bonds. The third kappa shape index (κ3) is 3.45. The highest BCUT2D eigenvalue weighted by Crippen LogP contribution is 2.26. The molecule has 0 spiro atoms. The number of sulfonamides is 1. The van der Waals surface area contributed by atoms with E-state index in [0.717, 1.165) is 25.2 Å². The number of carboxylic acids is 1. The predicted octanol–water partition coefficient (Wildman–Crippen LogP) is 1.42. The van der Waals surface area contributed by atoms with Crippen LogP contribution >= 0.6 is 0 Å². The average molecular weight is 317 g/mol. The molecular weight excluding hydrogens is 298 g/mol. The summed E-state index contributed by atoms with van der Waals surface area (Å²) in [4.78, 5) is 11.1. The van der Waals surface area contributed by atoms with Gasteiger partial charge in [0.2, 0.25) is 5.09 Å². The predicted molar refractivity (Wildman–Crippen MR) is 73.6 cm³/mol. The summed E-state index contributed by atoms with van der Waals surface area (Å²) in [7, 11) is -3.92. The fourth-order valence-electron chi connectivity index (χ4n) is 2.44. The van der Waals surface area contributed by atoms with Gasteiger partial charge in [0.15, 0.2) is 0 Å². The first kappa shape index (κ1) is 16.0. The van der Waals surface area contributed by atoms with Crippen molar-refractivity contribution in [3.63, 3.8) is 0 Å². The van der Waals surface area contributed by atoms with E-state index in [4.69, 9.17) is 14.3 Å². The maximum absolute atomic E-state index is 12.5. The molecule has 2 heterocycles. The number of nitrogens with zero attached hydrogens (tertiary/aromatic N) is 1. The maximum Gasteiger partial charge on any atom is 0.340 e. The van der Waals surface area contributed by atoms with Crippen LogP contribution in [0.1, 0.15) is 30.1 Å². The maximum atomic E-state index is 12.5. The van der Waals surface area contributed by atoms with Crippen LogP contribution in [0.5, 0.6) is 0 Å². The molecule has 21 heavy (non-hydrogen) atoms. The van der Waals surface area contributed by atoms with E-state index in [0.29, 0.717) is 26.3 Å². The van der Waals surface area contributed by atoms with E-state index >= 15 is 0 Å². The molecule has 0 bridgehead atoms. The average Bonchev–Trinajstić information content (AvgIpc) is 2.96. The van der Waals surface area contributed by atoms with Gasteiger partial charge in [0, 0.05) is 19.7 Å². The fraction of sp³-hybridized carbons (Fsp3) is 0.615. The van der Waals surface area contributed by atoms with Crippen LogP contribution in [0.25, 0.3) is 0 Å². The Morgan fingerprint density at radius 3 is 3.00 bits per heavy atom. The van der Waals surface area contributed by atoms with Gasteiger partial charge < -0.3 is 14.3 Å². The minimum Gasteiger partial charge on any atom is -0.478 e. The Hall–Kier alpha value is -1.38. The molecule has 1 saturated heterocycles. The molecule has 1 aromatic heterocycles. The third-order valence-corrected chi connectivity index (χ3v) is 5.27. The molecule has 7 nitrogen and oxygen atoms in total. The van der Waals surface area contributed by atoms with E-state index in [1.807, 2.05) is 6.92 Å². The molecule has 0 aromatic carbocycles. The second-order valence-corrected chi connectivity index (χ2v) is 6.79. The SMILES string of the molecule is CCOCC1CCCN(S(=O)(=O)c2occc2C(=O)O)C1. The number of hydrogen-bond acceptors (Lipinski definition) is 5. The lowest BCUT2D eigenvalue weighted by molar-refractivity contribution is 0.0688. The summed E-state index contributed by atoms with van der Waals surface area (Å²) < 4.78 is 36.6. The minimum absolute atomic E-state index is 0.122. The number of piperidine rings is 1. The Balaban J connectivity index is 2.19. The topological polar surface area (TPSA) is 97.0 Å². The number of aromatic carboxylic acids is 1. The Kier molecular flexibility index (Phi) is 5.02. The van der Waals surface area contributed by atoms with Gasteiger partial charge in [-0.05, 0) is 31.7 Å². The molecule has 8 heteroatoms. The molecule has 1 fully saturated rings. The van der Waals surface area contributed by atoms with Gasteiger partial charge in [-0.15, -0.1) is 0 Å². The standard InChI is InChI=1S/C13H19NO6S/c1-2-19-9-10-4-3-6-14(8-10)21(17,18)13-11(12(15)16)5-7-20-13/h5,7,10H,2-4,6,8-9H2,1H3,(H,15,16). The smallest absolute Gasteiger partial charge is 0.340 e. The lowest BCUT2D eigenvalue weighted by atomic mass is 10.0. The van der Waals surface area contributed by atoms with Crippen molar-refractivity contribution in [3.05, 3.63) is 17.9 Å². The molecule has 1 aromatic rings. The largest absolute Gasteiger partial charge is 0.478 e. The Morgan fingerprint density at radius 1 is 1.57 bits per heavy atom. The lowest BCUT2D eigenvalue weighted by Gasteiger charge is -2.31. The van der Waals surface area contributed by atoms with Crippen LogP contribution in [0.2, 0.25) is 0 Å². The molecule has 1 atom stereocenters. The summed E-state index contributed by atoms with van der Waals surface area (Å²) >= 11 is 0. The van der Waals surface area contributed by atoms with Gasteiger partial charge in [-0.2, -0.15) is 4.31 Å². The summed E-state index contributed by atoms with van der Waals surface area (Å²) in [6, 6.07) is 1.15. The first-order valence-corrected chi connectivity index (χ1v) is 8.29. The number of rotatable bonds is 6. The van der Waals surface area contributed by atoms with Crippen LogP contribution < -0.4 is 0 Å². The van der Waals surface area contributed by atoms with Crippen LogP contribution in [-0.4, -0.2) is 50.1 Å². The highest BCUT2D eigenvalue weighted by Gasteiger charge is 2.35. The van der Waals surface area contributed by atoms with Crippen molar-refractivity contribution < 1.29 is 27.5 Å². The Labute approximate surface area is 123 Å². The highest BCUT2D eigenvalue weighted by atomic mass is 32.2. The highest BCUT2D eigenvalue weighted by molar-refractivity contribution is 7.89. The van der Waals surface area contributed by atoms with Crippen molar-refractivity contribution in [3.8, 4) is 0 Å². The number of carboxylic acid groups (broad SMARTS) is 1. The van der Waals surface area contributed by atoms with Crippen LogP contribution in [0.15, 0.2) is 21.8 Å². The van der Waals surface area contributed by atoms with E-state index in [-0.39, 0.29) is 11.5 Å². The first-order valence-electron chi connectivity index (χ1n) is 6.85. The van der Waals surface area contributed by atoms with Gasteiger partial charge in [0.25, 0.3) is 10.0 Å². The van der Waals surface area contributed by atoms with Gasteiger partial charge in [-0.25, -0.2) is 13.2 Å². The van der Waals surface area contributed by atoms with Gasteiger partial charge in [0.1, 0.15) is 5.56 Å². The monoisotopic (exact) mass is 317 g/mol. The van der Waals surface area contributed by atoms with Crippen LogP contribution in [0.3, 0.4) is 0 Å². The molecule has 0 radical (unpaired) electrons. The second kappa shape index (κ2) is 6.59. The van der Waals surface area contributed by atoms with Gasteiger partial charge >= 0.3 is 5.97 Å². The molecule has 1 aliphatic rings. The number of carbonyl (C=O) groups is 1. The van der Waals surface area contributed by atoms with Crippen LogP contribution in [0.4, 0.5) is 0 Å². The number of furan rings is 1. The minimum atomic E-state index is -3.92. The van der Waals surface area contributed by atoms with E-state index in [1.165, 1.54) is 4.31 Å². The Bertz CT molecular complexity index is 594. The van der Waals surface area contributed by atoms with E-state index < -0.39 is 21.1 Å². The zero-order valence-corrected chi connectivity index (χ0v) is 12.6. The third-order valence-electron chi connectivity index (χ3n) is 3.47. The molecule has 1 aliphatic heterocycles. The van der Waals surface area contributed by atoms with Crippen molar-refractivity contribution in [2.45, 2.75) is 24.9 Å². The summed E-state index contributed by atoms with van der Waals surface area (Å²) in [5.74, 6) is -1.19. The van der Waals surface area contributed by atoms with Crippen molar-refractivity contribution in [1.82, 2.24) is 4.31 Å². The molecule has 0 saturated carbocycles. The van der Waals surface area contributed by atoms with Crippen molar-refractivity contribution in [2.24, 2.45) is 5.92 Å². The molecule has 1 unspecified atom stereocenters. The van der Waals surface area contributed by atoms with Gasteiger partial charge in [-0.1, -0.05) is 0 Å². The normalized spacial score (nSPS) is 20.5. The van der Waals surface area contributed by atoms with Crippen LogP contribution in [0, 0.1) is 5.92 Å². The van der Waals surface area contributed by atoms with Crippen LogP contribution in [-0.2, 0) is 14.8 Å². The Morgan fingerprint density at radius 2 is 2.33 bits per heavy atom. The summed E-state index contributed by atoms with van der Waals surface area (Å²) in [5, 5.41) is 8.53. The molecule has 0 aliphatic carbocycles.